The third-order valence-corrected chi connectivity index (χ3v) is 6.48. The van der Waals surface area contributed by atoms with Crippen molar-refractivity contribution >= 4 is 27.5 Å². The van der Waals surface area contributed by atoms with Gasteiger partial charge in [0.05, 0.1) is 16.6 Å². The van der Waals surface area contributed by atoms with Gasteiger partial charge >= 0.3 is 0 Å². The Morgan fingerprint density at radius 2 is 1.88 bits per heavy atom. The summed E-state index contributed by atoms with van der Waals surface area (Å²) in [4.78, 5) is 26.2. The molecule has 1 fully saturated rings. The minimum atomic E-state index is 0.0162. The molecule has 1 unspecified atom stereocenters. The Bertz CT molecular complexity index is 976. The van der Waals surface area contributed by atoms with Gasteiger partial charge in [0.25, 0.3) is 5.91 Å². The van der Waals surface area contributed by atoms with E-state index in [4.69, 9.17) is 9.97 Å². The number of nitrogens with zero attached hydrogens (tertiary/aromatic N) is 3. The summed E-state index contributed by atoms with van der Waals surface area (Å²) in [6, 6.07) is 10.1. The number of fused-ring (bicyclic) bond motifs is 1. The fourth-order valence-electron chi connectivity index (χ4n) is 3.38. The van der Waals surface area contributed by atoms with E-state index in [2.05, 4.69) is 19.1 Å². The first-order valence-corrected chi connectivity index (χ1v) is 9.88. The van der Waals surface area contributed by atoms with E-state index in [1.807, 2.05) is 44.0 Å². The normalized spacial score (nSPS) is 15.2. The van der Waals surface area contributed by atoms with Gasteiger partial charge in [-0.15, -0.1) is 11.3 Å². The Labute approximate surface area is 157 Å². The van der Waals surface area contributed by atoms with Crippen molar-refractivity contribution < 1.29 is 4.79 Å². The first-order valence-electron chi connectivity index (χ1n) is 9.07. The Kier molecular flexibility index (Phi) is 4.27. The molecule has 0 saturated heterocycles. The highest BCUT2D eigenvalue weighted by Gasteiger charge is 2.29. The quantitative estimate of drug-likeness (QED) is 0.652. The van der Waals surface area contributed by atoms with E-state index in [1.165, 1.54) is 24.2 Å². The molecule has 4 rings (SSSR count). The molecule has 1 amide bonds. The number of amides is 1. The number of carbonyl (C=O) groups excluding carboxylic acids is 1. The summed E-state index contributed by atoms with van der Waals surface area (Å²) in [6.45, 7) is 6.10. The molecule has 4 nitrogen and oxygen atoms in total. The van der Waals surface area contributed by atoms with Crippen LogP contribution in [0.4, 0.5) is 0 Å². The van der Waals surface area contributed by atoms with Crippen LogP contribution in [0.5, 0.6) is 0 Å². The fourth-order valence-corrected chi connectivity index (χ4v) is 4.60. The van der Waals surface area contributed by atoms with Crippen LogP contribution in [0.15, 0.2) is 30.3 Å². The number of thiophene rings is 1. The zero-order valence-electron chi connectivity index (χ0n) is 15.6. The number of hydrogen-bond donors (Lipinski definition) is 0. The maximum Gasteiger partial charge on any atom is 0.264 e. The minimum Gasteiger partial charge on any atom is -0.334 e. The van der Waals surface area contributed by atoms with E-state index in [0.717, 1.165) is 37.7 Å². The lowest BCUT2D eigenvalue weighted by Crippen LogP contribution is -2.29. The Morgan fingerprint density at radius 1 is 1.19 bits per heavy atom. The molecule has 1 atom stereocenters. The van der Waals surface area contributed by atoms with Crippen LogP contribution in [-0.2, 0) is 0 Å². The van der Waals surface area contributed by atoms with Gasteiger partial charge in [0.15, 0.2) is 0 Å². The molecular formula is C21H23N3OS. The average Bonchev–Trinajstić information content (AvgIpc) is 3.44. The molecule has 2 aromatic heterocycles. The molecule has 0 radical (unpaired) electrons. The van der Waals surface area contributed by atoms with Crippen LogP contribution in [0.3, 0.4) is 0 Å². The summed E-state index contributed by atoms with van der Waals surface area (Å²) in [7, 11) is 1.87. The van der Waals surface area contributed by atoms with E-state index < -0.39 is 0 Å². The monoisotopic (exact) mass is 365 g/mol. The summed E-state index contributed by atoms with van der Waals surface area (Å²) < 4.78 is 0. The Morgan fingerprint density at radius 3 is 2.54 bits per heavy atom. The standard InChI is InChI=1S/C21H23N3OS/c1-12-17-13(2)22-19(16-10-11-16)23-20(17)26-18(12)21(25)24(4)14(3)15-8-6-5-7-9-15/h5-9,14,16H,10-11H2,1-4H3. The number of aryl methyl sites for hydroxylation is 2. The van der Waals surface area contributed by atoms with Crippen molar-refractivity contribution in [2.24, 2.45) is 0 Å². The summed E-state index contributed by atoms with van der Waals surface area (Å²) in [5.41, 5.74) is 3.12. The number of benzene rings is 1. The minimum absolute atomic E-state index is 0.0162. The maximum atomic E-state index is 13.2. The highest BCUT2D eigenvalue weighted by molar-refractivity contribution is 7.20. The third kappa shape index (κ3) is 2.90. The van der Waals surface area contributed by atoms with Crippen LogP contribution in [-0.4, -0.2) is 27.8 Å². The van der Waals surface area contributed by atoms with Gasteiger partial charge in [-0.3, -0.25) is 4.79 Å². The van der Waals surface area contributed by atoms with Gasteiger partial charge in [-0.1, -0.05) is 30.3 Å². The summed E-state index contributed by atoms with van der Waals surface area (Å²) in [5, 5.41) is 1.04. The molecule has 1 aromatic carbocycles. The van der Waals surface area contributed by atoms with Gasteiger partial charge in [-0.2, -0.15) is 0 Å². The van der Waals surface area contributed by atoms with Crippen LogP contribution in [0.25, 0.3) is 10.2 Å². The zero-order chi connectivity index (χ0) is 18.4. The smallest absolute Gasteiger partial charge is 0.264 e. The number of hydrogen-bond acceptors (Lipinski definition) is 4. The molecule has 1 aliphatic rings. The molecule has 1 saturated carbocycles. The van der Waals surface area contributed by atoms with E-state index in [9.17, 15) is 4.79 Å². The van der Waals surface area contributed by atoms with Crippen molar-refractivity contribution in [3.63, 3.8) is 0 Å². The van der Waals surface area contributed by atoms with E-state index in [0.29, 0.717) is 5.92 Å². The van der Waals surface area contributed by atoms with E-state index in [1.54, 1.807) is 0 Å². The molecule has 0 N–H and O–H groups in total. The maximum absolute atomic E-state index is 13.2. The molecule has 0 spiro atoms. The highest BCUT2D eigenvalue weighted by atomic mass is 32.1. The molecule has 0 bridgehead atoms. The lowest BCUT2D eigenvalue weighted by Gasteiger charge is -2.25. The zero-order valence-corrected chi connectivity index (χ0v) is 16.4. The summed E-state index contributed by atoms with van der Waals surface area (Å²) in [5.74, 6) is 1.51. The topological polar surface area (TPSA) is 46.1 Å². The molecule has 26 heavy (non-hydrogen) atoms. The van der Waals surface area contributed by atoms with Crippen molar-refractivity contribution in [1.29, 1.82) is 0 Å². The number of rotatable bonds is 4. The molecule has 5 heteroatoms. The second-order valence-electron chi connectivity index (χ2n) is 7.18. The van der Waals surface area contributed by atoms with Crippen molar-refractivity contribution in [2.45, 2.75) is 45.6 Å². The predicted octanol–water partition coefficient (Wildman–Crippen LogP) is 5.02. The van der Waals surface area contributed by atoms with Crippen LogP contribution < -0.4 is 0 Å². The number of carbonyl (C=O) groups is 1. The van der Waals surface area contributed by atoms with Crippen molar-refractivity contribution in [2.75, 3.05) is 7.05 Å². The van der Waals surface area contributed by atoms with E-state index in [-0.39, 0.29) is 11.9 Å². The molecule has 0 aliphatic heterocycles. The molecule has 3 aromatic rings. The summed E-state index contributed by atoms with van der Waals surface area (Å²) in [6.07, 6.45) is 2.36. The molecule has 1 aliphatic carbocycles. The first kappa shape index (κ1) is 17.2. The summed E-state index contributed by atoms with van der Waals surface area (Å²) >= 11 is 1.50. The van der Waals surface area contributed by atoms with Gasteiger partial charge in [0.2, 0.25) is 0 Å². The van der Waals surface area contributed by atoms with Crippen LogP contribution in [0.2, 0.25) is 0 Å². The lowest BCUT2D eigenvalue weighted by molar-refractivity contribution is 0.0747. The van der Waals surface area contributed by atoms with Gasteiger partial charge in [0, 0.05) is 18.4 Å². The van der Waals surface area contributed by atoms with Crippen molar-refractivity contribution in [1.82, 2.24) is 14.9 Å². The lowest BCUT2D eigenvalue weighted by atomic mass is 10.1. The van der Waals surface area contributed by atoms with Crippen LogP contribution in [0, 0.1) is 13.8 Å². The van der Waals surface area contributed by atoms with Gasteiger partial charge < -0.3 is 4.90 Å². The first-order chi connectivity index (χ1) is 12.5. The number of aromatic nitrogens is 2. The largest absolute Gasteiger partial charge is 0.334 e. The molecule has 2 heterocycles. The second-order valence-corrected chi connectivity index (χ2v) is 8.18. The second kappa shape index (κ2) is 6.47. The highest BCUT2D eigenvalue weighted by Crippen LogP contribution is 2.40. The predicted molar refractivity (Wildman–Crippen MR) is 106 cm³/mol. The van der Waals surface area contributed by atoms with Gasteiger partial charge in [-0.05, 0) is 44.7 Å². The van der Waals surface area contributed by atoms with E-state index >= 15 is 0 Å². The Balaban J connectivity index is 1.70. The fraction of sp³-hybridized carbons (Fsp3) is 0.381. The van der Waals surface area contributed by atoms with Crippen LogP contribution >= 0.6 is 11.3 Å². The molecule has 134 valence electrons. The van der Waals surface area contributed by atoms with Crippen molar-refractivity contribution in [3.05, 3.63) is 57.9 Å². The average molecular weight is 366 g/mol. The Hall–Kier alpha value is -2.27. The SMILES string of the molecule is Cc1nc(C2CC2)nc2sc(C(=O)N(C)C(C)c3ccccc3)c(C)c12. The molecular weight excluding hydrogens is 342 g/mol. The van der Waals surface area contributed by atoms with Crippen molar-refractivity contribution in [3.8, 4) is 0 Å². The van der Waals surface area contributed by atoms with Crippen LogP contribution in [0.1, 0.15) is 64.0 Å². The van der Waals surface area contributed by atoms with Gasteiger partial charge in [-0.25, -0.2) is 9.97 Å². The van der Waals surface area contributed by atoms with Gasteiger partial charge in [0.1, 0.15) is 10.7 Å². The third-order valence-electron chi connectivity index (χ3n) is 5.31.